The lowest BCUT2D eigenvalue weighted by Crippen LogP contribution is -2.28. The topological polar surface area (TPSA) is 49.4 Å². The molecule has 2 atom stereocenters. The fourth-order valence-corrected chi connectivity index (χ4v) is 5.13. The van der Waals surface area contributed by atoms with Gasteiger partial charge in [-0.1, -0.05) is 79.2 Å². The van der Waals surface area contributed by atoms with Crippen molar-refractivity contribution in [2.45, 2.75) is 38.2 Å². The molecule has 3 aromatic carbocycles. The number of hydrogen-bond acceptors (Lipinski definition) is 3. The maximum absolute atomic E-state index is 12.9. The molecule has 4 rings (SSSR count). The monoisotopic (exact) mass is 444 g/mol. The quantitative estimate of drug-likeness (QED) is 0.512. The van der Waals surface area contributed by atoms with Gasteiger partial charge in [0.1, 0.15) is 5.37 Å². The number of amides is 2. The lowest BCUT2D eigenvalue weighted by molar-refractivity contribution is -0.128. The van der Waals surface area contributed by atoms with E-state index in [1.54, 1.807) is 11.8 Å². The molecule has 0 unspecified atom stereocenters. The van der Waals surface area contributed by atoms with Crippen LogP contribution in [0.2, 0.25) is 0 Å². The van der Waals surface area contributed by atoms with E-state index >= 15 is 0 Å². The minimum Gasteiger partial charge on any atom is -0.345 e. The van der Waals surface area contributed by atoms with Crippen LogP contribution in [0, 0.1) is 6.92 Å². The molecule has 0 aromatic heterocycles. The molecule has 1 saturated heterocycles. The standard InChI is InChI=1S/C27H28N2O2S/c1-3-24(21-11-9-19(2)10-12-21)28-26(31)22-13-15-23(16-14-22)27-29(25(30)18-32-27)17-20-7-5-4-6-8-20/h4-16,24,27H,3,17-18H2,1-2H3,(H,28,31)/t24-,27-/m0/s1. The number of hydrogen-bond donors (Lipinski definition) is 1. The molecule has 4 nitrogen and oxygen atoms in total. The van der Waals surface area contributed by atoms with Crippen LogP contribution in [0.5, 0.6) is 0 Å². The van der Waals surface area contributed by atoms with Gasteiger partial charge in [-0.15, -0.1) is 11.8 Å². The Morgan fingerprint density at radius 2 is 1.72 bits per heavy atom. The van der Waals surface area contributed by atoms with Crippen molar-refractivity contribution in [3.8, 4) is 0 Å². The number of aryl methyl sites for hydroxylation is 1. The Morgan fingerprint density at radius 3 is 2.38 bits per heavy atom. The number of carbonyl (C=O) groups is 2. The van der Waals surface area contributed by atoms with Crippen LogP contribution in [0.15, 0.2) is 78.9 Å². The molecule has 1 fully saturated rings. The number of rotatable bonds is 7. The third kappa shape index (κ3) is 5.05. The van der Waals surface area contributed by atoms with Crippen LogP contribution >= 0.6 is 11.8 Å². The second kappa shape index (κ2) is 10.0. The van der Waals surface area contributed by atoms with Gasteiger partial charge in [0, 0.05) is 12.1 Å². The molecule has 0 bridgehead atoms. The zero-order valence-electron chi connectivity index (χ0n) is 18.5. The van der Waals surface area contributed by atoms with Gasteiger partial charge in [0.15, 0.2) is 0 Å². The number of nitrogens with one attached hydrogen (secondary N) is 1. The van der Waals surface area contributed by atoms with Gasteiger partial charge >= 0.3 is 0 Å². The minimum atomic E-state index is -0.0831. The van der Waals surface area contributed by atoms with Gasteiger partial charge in [-0.3, -0.25) is 9.59 Å². The van der Waals surface area contributed by atoms with Gasteiger partial charge in [0.2, 0.25) is 5.91 Å². The van der Waals surface area contributed by atoms with Gasteiger partial charge in [-0.05, 0) is 42.2 Å². The van der Waals surface area contributed by atoms with E-state index < -0.39 is 0 Å². The average Bonchev–Trinajstić information content (AvgIpc) is 3.18. The predicted molar refractivity (Wildman–Crippen MR) is 130 cm³/mol. The highest BCUT2D eigenvalue weighted by Crippen LogP contribution is 2.39. The Labute approximate surface area is 194 Å². The van der Waals surface area contributed by atoms with Crippen molar-refractivity contribution in [3.63, 3.8) is 0 Å². The Balaban J connectivity index is 1.45. The Bertz CT molecular complexity index is 1070. The summed E-state index contributed by atoms with van der Waals surface area (Å²) < 4.78 is 0. The van der Waals surface area contributed by atoms with Gasteiger partial charge in [-0.2, -0.15) is 0 Å². The normalized spacial score (nSPS) is 16.8. The van der Waals surface area contributed by atoms with Crippen LogP contribution in [-0.2, 0) is 11.3 Å². The molecule has 0 radical (unpaired) electrons. The molecule has 0 spiro atoms. The average molecular weight is 445 g/mol. The number of benzene rings is 3. The molecule has 2 amide bonds. The second-order valence-electron chi connectivity index (χ2n) is 8.14. The fraction of sp³-hybridized carbons (Fsp3) is 0.259. The maximum Gasteiger partial charge on any atom is 0.251 e. The first-order valence-electron chi connectivity index (χ1n) is 11.0. The van der Waals surface area contributed by atoms with Crippen molar-refractivity contribution >= 4 is 23.6 Å². The van der Waals surface area contributed by atoms with Crippen molar-refractivity contribution in [2.24, 2.45) is 0 Å². The van der Waals surface area contributed by atoms with Crippen molar-refractivity contribution in [2.75, 3.05) is 5.75 Å². The summed E-state index contributed by atoms with van der Waals surface area (Å²) in [5.74, 6) is 0.545. The first-order chi connectivity index (χ1) is 15.5. The smallest absolute Gasteiger partial charge is 0.251 e. The molecule has 3 aromatic rings. The molecule has 1 N–H and O–H groups in total. The fourth-order valence-electron chi connectivity index (χ4n) is 3.94. The Morgan fingerprint density at radius 1 is 1.03 bits per heavy atom. The van der Waals surface area contributed by atoms with Gasteiger partial charge in [0.05, 0.1) is 11.8 Å². The first-order valence-corrected chi connectivity index (χ1v) is 12.0. The largest absolute Gasteiger partial charge is 0.345 e. The van der Waals surface area contributed by atoms with E-state index in [1.807, 2.05) is 59.5 Å². The van der Waals surface area contributed by atoms with E-state index in [-0.39, 0.29) is 23.2 Å². The van der Waals surface area contributed by atoms with Crippen LogP contribution in [0.1, 0.15) is 57.4 Å². The maximum atomic E-state index is 12.9. The van der Waals surface area contributed by atoms with Crippen LogP contribution in [0.4, 0.5) is 0 Å². The van der Waals surface area contributed by atoms with Crippen molar-refractivity contribution in [3.05, 3.63) is 107 Å². The first kappa shape index (κ1) is 22.2. The minimum absolute atomic E-state index is 0.0212. The molecule has 1 aliphatic rings. The highest BCUT2D eigenvalue weighted by Gasteiger charge is 2.32. The molecule has 164 valence electrons. The van der Waals surface area contributed by atoms with E-state index in [9.17, 15) is 9.59 Å². The molecule has 5 heteroatoms. The van der Waals surface area contributed by atoms with Crippen LogP contribution in [0.25, 0.3) is 0 Å². The number of thioether (sulfide) groups is 1. The summed E-state index contributed by atoms with van der Waals surface area (Å²) in [7, 11) is 0. The Kier molecular flexibility index (Phi) is 6.96. The van der Waals surface area contributed by atoms with Crippen molar-refractivity contribution in [1.29, 1.82) is 0 Å². The summed E-state index contributed by atoms with van der Waals surface area (Å²) in [4.78, 5) is 27.3. The summed E-state index contributed by atoms with van der Waals surface area (Å²) in [6.45, 7) is 4.72. The highest BCUT2D eigenvalue weighted by molar-refractivity contribution is 8.00. The van der Waals surface area contributed by atoms with Gasteiger partial charge < -0.3 is 10.2 Å². The van der Waals surface area contributed by atoms with Gasteiger partial charge in [-0.25, -0.2) is 0 Å². The molecule has 0 saturated carbocycles. The summed E-state index contributed by atoms with van der Waals surface area (Å²) in [6, 6.07) is 26.0. The van der Waals surface area contributed by atoms with Crippen molar-refractivity contribution in [1.82, 2.24) is 10.2 Å². The molecular formula is C27H28N2O2S. The van der Waals surface area contributed by atoms with E-state index in [4.69, 9.17) is 0 Å². The number of nitrogens with zero attached hydrogens (tertiary/aromatic N) is 1. The predicted octanol–water partition coefficient (Wildman–Crippen LogP) is 5.65. The molecule has 0 aliphatic carbocycles. The summed E-state index contributed by atoms with van der Waals surface area (Å²) in [6.07, 6.45) is 0.822. The van der Waals surface area contributed by atoms with E-state index in [1.165, 1.54) is 5.56 Å². The lowest BCUT2D eigenvalue weighted by Gasteiger charge is -2.24. The summed E-state index contributed by atoms with van der Waals surface area (Å²) >= 11 is 1.63. The highest BCUT2D eigenvalue weighted by atomic mass is 32.2. The molecule has 1 heterocycles. The van der Waals surface area contributed by atoms with Gasteiger partial charge in [0.25, 0.3) is 5.91 Å². The zero-order chi connectivity index (χ0) is 22.5. The number of carbonyl (C=O) groups excluding carboxylic acids is 2. The molecular weight excluding hydrogens is 416 g/mol. The van der Waals surface area contributed by atoms with Crippen LogP contribution < -0.4 is 5.32 Å². The van der Waals surface area contributed by atoms with E-state index in [0.717, 1.165) is 23.1 Å². The molecule has 32 heavy (non-hydrogen) atoms. The van der Waals surface area contributed by atoms with Crippen LogP contribution in [0.3, 0.4) is 0 Å². The third-order valence-corrected chi connectivity index (χ3v) is 7.07. The summed E-state index contributed by atoms with van der Waals surface area (Å²) in [5.41, 5.74) is 5.10. The van der Waals surface area contributed by atoms with E-state index in [2.05, 4.69) is 43.4 Å². The van der Waals surface area contributed by atoms with E-state index in [0.29, 0.717) is 17.9 Å². The summed E-state index contributed by atoms with van der Waals surface area (Å²) in [5, 5.41) is 3.12. The van der Waals surface area contributed by atoms with Crippen LogP contribution in [-0.4, -0.2) is 22.5 Å². The Hall–Kier alpha value is -3.05. The second-order valence-corrected chi connectivity index (χ2v) is 9.21. The molecule has 1 aliphatic heterocycles. The zero-order valence-corrected chi connectivity index (χ0v) is 19.3. The van der Waals surface area contributed by atoms with Crippen molar-refractivity contribution < 1.29 is 9.59 Å². The lowest BCUT2D eigenvalue weighted by atomic mass is 10.0. The SMILES string of the molecule is CC[C@H](NC(=O)c1ccc([C@@H]2SCC(=O)N2Cc2ccccc2)cc1)c1ccc(C)cc1. The third-order valence-electron chi connectivity index (χ3n) is 5.82.